The minimum absolute atomic E-state index is 0.0866. The molecule has 4 N–H and O–H groups in total. The van der Waals surface area contributed by atoms with Gasteiger partial charge in [-0.15, -0.1) is 11.8 Å². The minimum Gasteiger partial charge on any atom is -0.477 e. The van der Waals surface area contributed by atoms with Crippen LogP contribution in [-0.2, 0) is 25.8 Å². The number of rotatable bonds is 8. The monoisotopic (exact) mass is 546 g/mol. The maximum atomic E-state index is 13.0. The van der Waals surface area contributed by atoms with Crippen LogP contribution < -0.4 is 15.6 Å². The molecule has 0 radical (unpaired) electrons. The van der Waals surface area contributed by atoms with Crippen molar-refractivity contribution >= 4 is 68.1 Å². The lowest BCUT2D eigenvalue weighted by molar-refractivity contribution is -0.687. The van der Waals surface area contributed by atoms with Crippen LogP contribution in [0, 0.1) is 11.3 Å². The van der Waals surface area contributed by atoms with Gasteiger partial charge in [-0.05, 0) is 0 Å². The van der Waals surface area contributed by atoms with E-state index in [2.05, 4.69) is 19.8 Å². The number of aromatic nitrogens is 4. The van der Waals surface area contributed by atoms with Crippen molar-refractivity contribution in [3.63, 3.8) is 0 Å². The Morgan fingerprint density at radius 2 is 2.31 bits per heavy atom. The van der Waals surface area contributed by atoms with Crippen molar-refractivity contribution in [1.29, 1.82) is 5.26 Å². The molecule has 5 heterocycles. The normalized spacial score (nSPS) is 19.6. The van der Waals surface area contributed by atoms with E-state index >= 15 is 0 Å². The first-order valence-corrected chi connectivity index (χ1v) is 12.9. The number of amides is 2. The molecule has 17 heteroatoms. The van der Waals surface area contributed by atoms with Crippen LogP contribution in [0.3, 0.4) is 0 Å². The van der Waals surface area contributed by atoms with Gasteiger partial charge in [0.2, 0.25) is 29.3 Å². The highest BCUT2D eigenvalue weighted by molar-refractivity contribution is 8.00. The number of carboxylic acids is 1. The molecule has 2 amide bonds. The molecule has 2 atom stereocenters. The summed E-state index contributed by atoms with van der Waals surface area (Å²) in [5.74, 6) is -2.37. The fourth-order valence-electron chi connectivity index (χ4n) is 3.79. The van der Waals surface area contributed by atoms with E-state index in [0.29, 0.717) is 17.9 Å². The number of nitrogen functional groups attached to an aromatic ring is 1. The maximum absolute atomic E-state index is 13.0. The summed E-state index contributed by atoms with van der Waals surface area (Å²) in [6, 6.07) is 0.720. The van der Waals surface area contributed by atoms with E-state index in [1.54, 1.807) is 17.4 Å². The Balaban J connectivity index is 1.34. The number of carboxylic acid groups (broad SMARTS) is 1. The number of nitrogens with zero attached hydrogens (tertiary/aromatic N) is 7. The minimum atomic E-state index is -1.22. The van der Waals surface area contributed by atoms with Crippen LogP contribution in [0.15, 0.2) is 40.5 Å². The molecule has 2 aliphatic heterocycles. The Morgan fingerprint density at radius 1 is 1.47 bits per heavy atom. The predicted molar refractivity (Wildman–Crippen MR) is 128 cm³/mol. The number of thioether (sulfide) groups is 1. The number of thiazole rings is 1. The molecule has 0 aromatic carbocycles. The second-order valence-corrected chi connectivity index (χ2v) is 10.3. The summed E-state index contributed by atoms with van der Waals surface area (Å²) in [5, 5.41) is 26.2. The van der Waals surface area contributed by atoms with Crippen LogP contribution in [0.1, 0.15) is 5.82 Å². The Labute approximate surface area is 214 Å². The highest BCUT2D eigenvalue weighted by Crippen LogP contribution is 2.40. The molecule has 36 heavy (non-hydrogen) atoms. The van der Waals surface area contributed by atoms with E-state index in [-0.39, 0.29) is 22.4 Å². The molecule has 184 valence electrons. The molecular formula is C19H16N9O5S3+. The van der Waals surface area contributed by atoms with Crippen molar-refractivity contribution in [3.05, 3.63) is 41.2 Å². The Kier molecular flexibility index (Phi) is 6.30. The third-order valence-corrected chi connectivity index (χ3v) is 7.97. The van der Waals surface area contributed by atoms with E-state index in [4.69, 9.17) is 15.8 Å². The van der Waals surface area contributed by atoms with Gasteiger partial charge in [-0.3, -0.25) is 14.5 Å². The Morgan fingerprint density at radius 3 is 3.00 bits per heavy atom. The molecule has 1 fully saturated rings. The number of β-lactam (4-membered cyclic amide) rings is 1. The third-order valence-electron chi connectivity index (χ3n) is 5.28. The number of nitriles is 1. The van der Waals surface area contributed by atoms with Gasteiger partial charge < -0.3 is 21.0 Å². The van der Waals surface area contributed by atoms with Crippen LogP contribution in [-0.4, -0.2) is 71.0 Å². The van der Waals surface area contributed by atoms with Gasteiger partial charge in [0, 0.05) is 28.2 Å². The highest BCUT2D eigenvalue weighted by atomic mass is 32.2. The molecule has 0 spiro atoms. The van der Waals surface area contributed by atoms with Crippen LogP contribution in [0.2, 0.25) is 0 Å². The average Bonchev–Trinajstić information content (AvgIpc) is 3.56. The lowest BCUT2D eigenvalue weighted by atomic mass is 10.0. The number of carbonyl (C=O) groups is 3. The van der Waals surface area contributed by atoms with Crippen molar-refractivity contribution in [1.82, 2.24) is 24.0 Å². The summed E-state index contributed by atoms with van der Waals surface area (Å²) in [6.07, 6.45) is 5.66. The van der Waals surface area contributed by atoms with Gasteiger partial charge in [-0.2, -0.15) is 19.0 Å². The molecule has 2 aliphatic rings. The van der Waals surface area contributed by atoms with Gasteiger partial charge in [0.1, 0.15) is 42.1 Å². The van der Waals surface area contributed by atoms with Crippen LogP contribution in [0.5, 0.6) is 0 Å². The molecule has 0 aliphatic carbocycles. The SMILES string of the molecule is N#CCO/N=C(\C(=O)N[C@@H]1C(=O)N2C(C(=O)O)=C(C[n+]3cc4sccn4c3)CS[C@H]12)c1nsc(N)n1. The van der Waals surface area contributed by atoms with E-state index in [9.17, 15) is 19.5 Å². The van der Waals surface area contributed by atoms with Gasteiger partial charge in [0.25, 0.3) is 11.8 Å². The summed E-state index contributed by atoms with van der Waals surface area (Å²) in [7, 11) is 0. The first kappa shape index (κ1) is 23.7. The molecule has 1 saturated heterocycles. The first-order chi connectivity index (χ1) is 17.4. The molecule has 0 unspecified atom stereocenters. The van der Waals surface area contributed by atoms with Gasteiger partial charge in [-0.25, -0.2) is 9.36 Å². The first-order valence-electron chi connectivity index (χ1n) is 10.2. The van der Waals surface area contributed by atoms with Gasteiger partial charge in [0.05, 0.1) is 0 Å². The molecule has 0 saturated carbocycles. The fourth-order valence-corrected chi connectivity index (χ4v) is 6.32. The topological polar surface area (TPSA) is 192 Å². The summed E-state index contributed by atoms with van der Waals surface area (Å²) in [5.41, 5.74) is 5.72. The Bertz CT molecular complexity index is 1450. The van der Waals surface area contributed by atoms with E-state index in [1.807, 2.05) is 33.1 Å². The number of oxime groups is 1. The molecule has 0 bridgehead atoms. The smallest absolute Gasteiger partial charge is 0.352 e. The summed E-state index contributed by atoms with van der Waals surface area (Å²) < 4.78 is 7.72. The van der Waals surface area contributed by atoms with Crippen molar-refractivity contribution in [3.8, 4) is 6.07 Å². The number of aliphatic carboxylic acids is 1. The number of carbonyl (C=O) groups excluding carboxylic acids is 2. The number of imidazole rings is 1. The van der Waals surface area contributed by atoms with Gasteiger partial charge in [-0.1, -0.05) is 16.5 Å². The number of anilines is 1. The molecule has 3 aromatic rings. The second kappa shape index (κ2) is 9.56. The number of hydrogen-bond acceptors (Lipinski definition) is 12. The molecule has 14 nitrogen and oxygen atoms in total. The third kappa shape index (κ3) is 4.25. The number of nitrogens with one attached hydrogen (secondary N) is 1. The second-order valence-electron chi connectivity index (χ2n) is 7.51. The lowest BCUT2D eigenvalue weighted by Crippen LogP contribution is -2.71. The van der Waals surface area contributed by atoms with Gasteiger partial charge >= 0.3 is 5.97 Å². The van der Waals surface area contributed by atoms with Gasteiger partial charge in [0.15, 0.2) is 5.13 Å². The quantitative estimate of drug-likeness (QED) is 0.108. The number of fused-ring (bicyclic) bond motifs is 2. The number of hydrogen-bond donors (Lipinski definition) is 3. The summed E-state index contributed by atoms with van der Waals surface area (Å²) in [4.78, 5) is 48.9. The van der Waals surface area contributed by atoms with E-state index < -0.39 is 35.8 Å². The lowest BCUT2D eigenvalue weighted by Gasteiger charge is -2.49. The molecular weight excluding hydrogens is 530 g/mol. The summed E-state index contributed by atoms with van der Waals surface area (Å²) >= 11 is 3.73. The average molecular weight is 547 g/mol. The maximum Gasteiger partial charge on any atom is 0.352 e. The Hall–Kier alpha value is -4.01. The standard InChI is InChI=1S/C19H15N9O5S3/c20-1-3-33-24-11(14-23-19(21)36-25-14)15(29)22-12-16(30)28-13(18(31)32)9(7-35-17(12)28)5-26-6-10-27(8-26)2-4-34-10/h2,4,6,8,12,17H,3,5,7H2,(H3-,21,22,23,25,29,31,32)/p+1/b24-11-/t12-,17-/m1/s1. The fraction of sp³-hybridized carbons (Fsp3) is 0.263. The van der Waals surface area contributed by atoms with Crippen molar-refractivity contribution in [2.24, 2.45) is 5.16 Å². The van der Waals surface area contributed by atoms with Crippen molar-refractivity contribution in [2.45, 2.75) is 18.0 Å². The zero-order chi connectivity index (χ0) is 25.4. The van der Waals surface area contributed by atoms with E-state index in [1.165, 1.54) is 16.7 Å². The molecule has 3 aromatic heterocycles. The van der Waals surface area contributed by atoms with E-state index in [0.717, 1.165) is 16.4 Å². The zero-order valence-corrected chi connectivity index (χ0v) is 20.5. The predicted octanol–water partition coefficient (Wildman–Crippen LogP) is -0.595. The van der Waals surface area contributed by atoms with Crippen LogP contribution >= 0.6 is 34.6 Å². The largest absolute Gasteiger partial charge is 0.477 e. The summed E-state index contributed by atoms with van der Waals surface area (Å²) in [6.45, 7) is -0.112. The number of nitrogens with two attached hydrogens (primary N) is 1. The molecule has 5 rings (SSSR count). The van der Waals surface area contributed by atoms with Crippen LogP contribution in [0.25, 0.3) is 4.83 Å². The van der Waals surface area contributed by atoms with Crippen molar-refractivity contribution in [2.75, 3.05) is 18.1 Å². The van der Waals surface area contributed by atoms with Crippen molar-refractivity contribution < 1.29 is 28.9 Å². The zero-order valence-electron chi connectivity index (χ0n) is 18.1. The highest BCUT2D eigenvalue weighted by Gasteiger charge is 2.54. The van der Waals surface area contributed by atoms with Crippen LogP contribution in [0.4, 0.5) is 5.13 Å².